The predicted molar refractivity (Wildman–Crippen MR) is 83.3 cm³/mol. The number of piperazine rings is 1. The van der Waals surface area contributed by atoms with Crippen molar-refractivity contribution in [3.8, 4) is 0 Å². The fourth-order valence-electron chi connectivity index (χ4n) is 2.26. The number of nitrogens with zero attached hydrogens (tertiary/aromatic N) is 2. The van der Waals surface area contributed by atoms with Gasteiger partial charge in [-0.3, -0.25) is 0 Å². The molecule has 5 nitrogen and oxygen atoms in total. The summed E-state index contributed by atoms with van der Waals surface area (Å²) >= 11 is 4.91. The number of likely N-dealkylation sites (N-methyl/N-ethyl adjacent to an activating group) is 1. The highest BCUT2D eigenvalue weighted by Crippen LogP contribution is 2.22. The van der Waals surface area contributed by atoms with Crippen molar-refractivity contribution in [2.45, 2.75) is 11.8 Å². The summed E-state index contributed by atoms with van der Waals surface area (Å²) in [6, 6.07) is 4.99. The van der Waals surface area contributed by atoms with Crippen LogP contribution in [-0.4, -0.2) is 55.8 Å². The fourth-order valence-corrected chi connectivity index (χ4v) is 4.01. The van der Waals surface area contributed by atoms with Crippen LogP contribution >= 0.6 is 12.2 Å². The van der Waals surface area contributed by atoms with Crippen molar-refractivity contribution in [2.24, 2.45) is 5.73 Å². The minimum Gasteiger partial charge on any atom is -0.389 e. The second kappa shape index (κ2) is 5.77. The first-order valence-corrected chi connectivity index (χ1v) is 8.26. The third-order valence-corrected chi connectivity index (χ3v) is 5.83. The van der Waals surface area contributed by atoms with Crippen molar-refractivity contribution in [2.75, 3.05) is 33.2 Å². The van der Waals surface area contributed by atoms with Crippen molar-refractivity contribution in [1.82, 2.24) is 9.21 Å². The molecule has 2 N–H and O–H groups in total. The molecule has 1 saturated heterocycles. The van der Waals surface area contributed by atoms with Gasteiger partial charge in [0, 0.05) is 31.7 Å². The van der Waals surface area contributed by atoms with E-state index in [9.17, 15) is 8.42 Å². The van der Waals surface area contributed by atoms with Gasteiger partial charge in [-0.05, 0) is 31.7 Å². The van der Waals surface area contributed by atoms with Gasteiger partial charge in [-0.15, -0.1) is 0 Å². The molecule has 110 valence electrons. The monoisotopic (exact) mass is 313 g/mol. The minimum absolute atomic E-state index is 0.275. The third kappa shape index (κ3) is 3.01. The van der Waals surface area contributed by atoms with Gasteiger partial charge in [-0.25, -0.2) is 8.42 Å². The summed E-state index contributed by atoms with van der Waals surface area (Å²) in [7, 11) is -1.44. The van der Waals surface area contributed by atoms with Crippen LogP contribution in [0, 0.1) is 6.92 Å². The second-order valence-corrected chi connectivity index (χ2v) is 7.40. The van der Waals surface area contributed by atoms with Crippen molar-refractivity contribution < 1.29 is 8.42 Å². The van der Waals surface area contributed by atoms with Crippen molar-refractivity contribution >= 4 is 27.2 Å². The maximum atomic E-state index is 12.6. The molecule has 1 heterocycles. The lowest BCUT2D eigenvalue weighted by atomic mass is 10.1. The van der Waals surface area contributed by atoms with Gasteiger partial charge in [0.05, 0.1) is 4.90 Å². The SMILES string of the molecule is Cc1cc(C(N)=S)ccc1S(=O)(=O)N1CCN(C)CC1. The zero-order chi connectivity index (χ0) is 14.9. The van der Waals surface area contributed by atoms with E-state index < -0.39 is 10.0 Å². The Bertz CT molecular complexity index is 621. The molecular weight excluding hydrogens is 294 g/mol. The molecule has 0 unspecified atom stereocenters. The van der Waals surface area contributed by atoms with Gasteiger partial charge >= 0.3 is 0 Å². The molecule has 1 fully saturated rings. The highest BCUT2D eigenvalue weighted by atomic mass is 32.2. The highest BCUT2D eigenvalue weighted by molar-refractivity contribution is 7.89. The van der Waals surface area contributed by atoms with Crippen LogP contribution in [-0.2, 0) is 10.0 Å². The van der Waals surface area contributed by atoms with Gasteiger partial charge in [0.15, 0.2) is 0 Å². The Morgan fingerprint density at radius 1 is 1.25 bits per heavy atom. The molecular formula is C13H19N3O2S2. The molecule has 1 aromatic carbocycles. The van der Waals surface area contributed by atoms with Crippen molar-refractivity contribution in [3.05, 3.63) is 29.3 Å². The first kappa shape index (κ1) is 15.4. The smallest absolute Gasteiger partial charge is 0.243 e. The number of rotatable bonds is 3. The Morgan fingerprint density at radius 3 is 2.35 bits per heavy atom. The molecule has 1 aromatic rings. The largest absolute Gasteiger partial charge is 0.389 e. The molecule has 20 heavy (non-hydrogen) atoms. The third-order valence-electron chi connectivity index (χ3n) is 3.54. The van der Waals surface area contributed by atoms with Gasteiger partial charge in [-0.2, -0.15) is 4.31 Å². The summed E-state index contributed by atoms with van der Waals surface area (Å²) in [5, 5.41) is 0. The normalized spacial score (nSPS) is 18.1. The summed E-state index contributed by atoms with van der Waals surface area (Å²) in [5.74, 6) is 0. The summed E-state index contributed by atoms with van der Waals surface area (Å²) in [4.78, 5) is 2.73. The van der Waals surface area contributed by atoms with Crippen LogP contribution in [0.2, 0.25) is 0 Å². The summed E-state index contributed by atoms with van der Waals surface area (Å²) in [5.41, 5.74) is 6.93. The van der Waals surface area contributed by atoms with Crippen molar-refractivity contribution in [3.63, 3.8) is 0 Å². The number of nitrogens with two attached hydrogens (primary N) is 1. The van der Waals surface area contributed by atoms with Gasteiger partial charge < -0.3 is 10.6 Å². The summed E-state index contributed by atoms with van der Waals surface area (Å²) in [6.07, 6.45) is 0. The zero-order valence-corrected chi connectivity index (χ0v) is 13.3. The Kier molecular flexibility index (Phi) is 4.43. The van der Waals surface area contributed by atoms with Gasteiger partial charge in [0.2, 0.25) is 10.0 Å². The van der Waals surface area contributed by atoms with Crippen LogP contribution in [0.4, 0.5) is 0 Å². The van der Waals surface area contributed by atoms with Crippen LogP contribution in [0.15, 0.2) is 23.1 Å². The molecule has 7 heteroatoms. The maximum absolute atomic E-state index is 12.6. The molecule has 1 aliphatic heterocycles. The van der Waals surface area contributed by atoms with E-state index in [-0.39, 0.29) is 4.99 Å². The Balaban J connectivity index is 2.32. The van der Waals surface area contributed by atoms with E-state index in [0.29, 0.717) is 29.1 Å². The number of sulfonamides is 1. The first-order chi connectivity index (χ1) is 9.32. The maximum Gasteiger partial charge on any atom is 0.243 e. The highest BCUT2D eigenvalue weighted by Gasteiger charge is 2.28. The molecule has 0 amide bonds. The molecule has 0 atom stereocenters. The van der Waals surface area contributed by atoms with Crippen LogP contribution < -0.4 is 5.73 Å². The summed E-state index contributed by atoms with van der Waals surface area (Å²) in [6.45, 7) is 4.32. The molecule has 0 spiro atoms. The number of hydrogen-bond acceptors (Lipinski definition) is 4. The number of aryl methyl sites for hydroxylation is 1. The standard InChI is InChI=1S/C13H19N3O2S2/c1-10-9-11(13(14)19)3-4-12(10)20(17,18)16-7-5-15(2)6-8-16/h3-4,9H,5-8H2,1-2H3,(H2,14,19). The second-order valence-electron chi connectivity index (χ2n) is 5.05. The van der Waals surface area contributed by atoms with Gasteiger partial charge in [0.25, 0.3) is 0 Å². The molecule has 2 rings (SSSR count). The lowest BCUT2D eigenvalue weighted by Gasteiger charge is -2.31. The average molecular weight is 313 g/mol. The van der Waals surface area contributed by atoms with E-state index in [1.165, 1.54) is 4.31 Å². The molecule has 0 saturated carbocycles. The Labute approximate surface area is 125 Å². The van der Waals surface area contributed by atoms with Crippen LogP contribution in [0.1, 0.15) is 11.1 Å². The van der Waals surface area contributed by atoms with E-state index in [0.717, 1.165) is 13.1 Å². The number of hydrogen-bond donors (Lipinski definition) is 1. The Morgan fingerprint density at radius 2 is 1.85 bits per heavy atom. The molecule has 0 aromatic heterocycles. The van der Waals surface area contributed by atoms with Gasteiger partial charge in [-0.1, -0.05) is 18.3 Å². The van der Waals surface area contributed by atoms with E-state index >= 15 is 0 Å². The lowest BCUT2D eigenvalue weighted by Crippen LogP contribution is -2.47. The zero-order valence-electron chi connectivity index (χ0n) is 11.7. The van der Waals surface area contributed by atoms with E-state index in [4.69, 9.17) is 18.0 Å². The minimum atomic E-state index is -3.44. The van der Waals surface area contributed by atoms with Crippen LogP contribution in [0.5, 0.6) is 0 Å². The van der Waals surface area contributed by atoms with Crippen molar-refractivity contribution in [1.29, 1.82) is 0 Å². The van der Waals surface area contributed by atoms with E-state index in [1.807, 2.05) is 7.05 Å². The predicted octanol–water partition coefficient (Wildman–Crippen LogP) is 0.565. The molecule has 0 bridgehead atoms. The summed E-state index contributed by atoms with van der Waals surface area (Å²) < 4.78 is 26.8. The fraction of sp³-hybridized carbons (Fsp3) is 0.462. The first-order valence-electron chi connectivity index (χ1n) is 6.41. The van der Waals surface area contributed by atoms with Crippen LogP contribution in [0.3, 0.4) is 0 Å². The quantitative estimate of drug-likeness (QED) is 0.826. The van der Waals surface area contributed by atoms with E-state index in [1.54, 1.807) is 25.1 Å². The molecule has 0 radical (unpaired) electrons. The molecule has 0 aliphatic carbocycles. The number of benzene rings is 1. The molecule has 1 aliphatic rings. The lowest BCUT2D eigenvalue weighted by molar-refractivity contribution is 0.222. The van der Waals surface area contributed by atoms with E-state index in [2.05, 4.69) is 4.90 Å². The van der Waals surface area contributed by atoms with Gasteiger partial charge in [0.1, 0.15) is 4.99 Å². The Hall–Kier alpha value is -1.02. The topological polar surface area (TPSA) is 66.6 Å². The van der Waals surface area contributed by atoms with Crippen LogP contribution in [0.25, 0.3) is 0 Å². The average Bonchev–Trinajstić information content (AvgIpc) is 2.38. The number of thiocarbonyl (C=S) groups is 1.